The van der Waals surface area contributed by atoms with Gasteiger partial charge in [-0.1, -0.05) is 0 Å². The monoisotopic (exact) mass is 181 g/mol. The fourth-order valence-electron chi connectivity index (χ4n) is 0.982. The lowest BCUT2D eigenvalue weighted by molar-refractivity contribution is -0.422. The van der Waals surface area contributed by atoms with E-state index in [4.69, 9.17) is 0 Å². The molecule has 0 saturated carbocycles. The molecule has 70 valence electrons. The predicted octanol–water partition coefficient (Wildman–Crippen LogP) is 1.54. The third kappa shape index (κ3) is 2.14. The molecule has 0 spiro atoms. The number of allylic oxidation sites excluding steroid dienone is 1. The van der Waals surface area contributed by atoms with E-state index in [0.29, 0.717) is 0 Å². The molecule has 1 rings (SSSR count). The number of nitro groups is 1. The standard InChI is InChI=1S/C8H11N3O2/c1-3-10-6-9-5-8(10)4-7(2)11(12)13/h4-6H,3H2,1-2H3/b7-4-. The molecule has 0 amide bonds. The minimum atomic E-state index is -0.410. The lowest BCUT2D eigenvalue weighted by Crippen LogP contribution is -1.97. The summed E-state index contributed by atoms with van der Waals surface area (Å²) in [5.41, 5.74) is 0.881. The van der Waals surface area contributed by atoms with Gasteiger partial charge in [-0.25, -0.2) is 4.98 Å². The number of rotatable bonds is 3. The van der Waals surface area contributed by atoms with Crippen LogP contribution in [0.25, 0.3) is 6.08 Å². The van der Waals surface area contributed by atoms with Crippen LogP contribution in [0.4, 0.5) is 0 Å². The van der Waals surface area contributed by atoms with E-state index in [-0.39, 0.29) is 5.70 Å². The highest BCUT2D eigenvalue weighted by Crippen LogP contribution is 2.06. The van der Waals surface area contributed by atoms with Gasteiger partial charge >= 0.3 is 0 Å². The first kappa shape index (κ1) is 9.44. The Morgan fingerprint density at radius 2 is 2.54 bits per heavy atom. The van der Waals surface area contributed by atoms with Gasteiger partial charge in [-0.3, -0.25) is 10.1 Å². The first-order chi connectivity index (χ1) is 6.15. The topological polar surface area (TPSA) is 61.0 Å². The maximum atomic E-state index is 10.3. The summed E-state index contributed by atoms with van der Waals surface area (Å²) in [6.07, 6.45) is 4.77. The Morgan fingerprint density at radius 1 is 1.85 bits per heavy atom. The fraction of sp³-hybridized carbons (Fsp3) is 0.375. The Hall–Kier alpha value is -1.65. The molecule has 1 aromatic rings. The number of aryl methyl sites for hydroxylation is 1. The number of imidazole rings is 1. The molecule has 0 unspecified atom stereocenters. The van der Waals surface area contributed by atoms with Crippen LogP contribution in [-0.2, 0) is 6.54 Å². The Morgan fingerprint density at radius 3 is 3.08 bits per heavy atom. The second-order valence-electron chi connectivity index (χ2n) is 2.65. The van der Waals surface area contributed by atoms with Gasteiger partial charge in [-0.2, -0.15) is 0 Å². The molecule has 0 aliphatic carbocycles. The zero-order valence-electron chi connectivity index (χ0n) is 7.60. The van der Waals surface area contributed by atoms with Crippen LogP contribution in [0.2, 0.25) is 0 Å². The molecule has 1 heterocycles. The van der Waals surface area contributed by atoms with E-state index in [1.165, 1.54) is 13.0 Å². The zero-order chi connectivity index (χ0) is 9.84. The van der Waals surface area contributed by atoms with Crippen molar-refractivity contribution >= 4 is 6.08 Å². The van der Waals surface area contributed by atoms with Crippen LogP contribution in [0, 0.1) is 10.1 Å². The molecule has 0 radical (unpaired) electrons. The molecule has 13 heavy (non-hydrogen) atoms. The van der Waals surface area contributed by atoms with Crippen molar-refractivity contribution in [3.8, 4) is 0 Å². The van der Waals surface area contributed by atoms with E-state index in [1.54, 1.807) is 12.5 Å². The number of aromatic nitrogens is 2. The Labute approximate surface area is 75.9 Å². The third-order valence-corrected chi connectivity index (χ3v) is 1.73. The first-order valence-electron chi connectivity index (χ1n) is 3.98. The summed E-state index contributed by atoms with van der Waals surface area (Å²) in [6.45, 7) is 4.18. The molecule has 0 saturated heterocycles. The molecule has 0 atom stereocenters. The van der Waals surface area contributed by atoms with Crippen molar-refractivity contribution in [3.63, 3.8) is 0 Å². The largest absolute Gasteiger partial charge is 0.331 e. The first-order valence-corrected chi connectivity index (χ1v) is 3.98. The highest BCUT2D eigenvalue weighted by Gasteiger charge is 2.04. The van der Waals surface area contributed by atoms with Crippen molar-refractivity contribution in [2.75, 3.05) is 0 Å². The van der Waals surface area contributed by atoms with Crippen molar-refractivity contribution in [1.29, 1.82) is 0 Å². The molecular formula is C8H11N3O2. The van der Waals surface area contributed by atoms with E-state index >= 15 is 0 Å². The fourth-order valence-corrected chi connectivity index (χ4v) is 0.982. The summed E-state index contributed by atoms with van der Waals surface area (Å²) in [5.74, 6) is 0. The molecule has 0 fully saturated rings. The highest BCUT2D eigenvalue weighted by atomic mass is 16.6. The second-order valence-corrected chi connectivity index (χ2v) is 2.65. The smallest absolute Gasteiger partial charge is 0.245 e. The summed E-state index contributed by atoms with van der Waals surface area (Å²) >= 11 is 0. The predicted molar refractivity (Wildman–Crippen MR) is 48.5 cm³/mol. The summed E-state index contributed by atoms with van der Waals surface area (Å²) in [7, 11) is 0. The van der Waals surface area contributed by atoms with E-state index in [2.05, 4.69) is 4.98 Å². The van der Waals surface area contributed by atoms with E-state index in [0.717, 1.165) is 12.2 Å². The maximum absolute atomic E-state index is 10.3. The molecule has 0 aliphatic rings. The molecule has 1 aromatic heterocycles. The highest BCUT2D eigenvalue weighted by molar-refractivity contribution is 5.45. The minimum absolute atomic E-state index is 0.121. The quantitative estimate of drug-likeness (QED) is 0.525. The minimum Gasteiger partial charge on any atom is -0.331 e. The van der Waals surface area contributed by atoms with Gasteiger partial charge in [-0.15, -0.1) is 0 Å². The van der Waals surface area contributed by atoms with Gasteiger partial charge in [0.15, 0.2) is 0 Å². The van der Waals surface area contributed by atoms with Gasteiger partial charge in [0.25, 0.3) is 0 Å². The summed E-state index contributed by atoms with van der Waals surface area (Å²) < 4.78 is 1.84. The lowest BCUT2D eigenvalue weighted by atomic mass is 10.3. The van der Waals surface area contributed by atoms with Crippen molar-refractivity contribution < 1.29 is 4.92 Å². The van der Waals surface area contributed by atoms with Crippen molar-refractivity contribution in [3.05, 3.63) is 34.0 Å². The van der Waals surface area contributed by atoms with Gasteiger partial charge in [0, 0.05) is 19.5 Å². The molecule has 0 aliphatic heterocycles. The van der Waals surface area contributed by atoms with Crippen LogP contribution in [0.5, 0.6) is 0 Å². The van der Waals surface area contributed by atoms with Crippen LogP contribution < -0.4 is 0 Å². The van der Waals surface area contributed by atoms with Crippen LogP contribution in [0.3, 0.4) is 0 Å². The van der Waals surface area contributed by atoms with Gasteiger partial charge in [0.05, 0.1) is 23.1 Å². The van der Waals surface area contributed by atoms with E-state index in [1.807, 2.05) is 11.5 Å². The average Bonchev–Trinajstić information content (AvgIpc) is 2.51. The Kier molecular flexibility index (Phi) is 2.79. The molecule has 0 bridgehead atoms. The normalized spacial score (nSPS) is 11.7. The summed E-state index contributed by atoms with van der Waals surface area (Å²) in [5, 5.41) is 10.3. The molecule has 5 nitrogen and oxygen atoms in total. The van der Waals surface area contributed by atoms with Crippen molar-refractivity contribution in [2.45, 2.75) is 20.4 Å². The zero-order valence-corrected chi connectivity index (χ0v) is 7.60. The SMILES string of the molecule is CCn1cncc1/C=C(/C)[N+](=O)[O-]. The number of hydrogen-bond acceptors (Lipinski definition) is 3. The maximum Gasteiger partial charge on any atom is 0.245 e. The van der Waals surface area contributed by atoms with Crippen LogP contribution >= 0.6 is 0 Å². The van der Waals surface area contributed by atoms with Crippen LogP contribution in [-0.4, -0.2) is 14.5 Å². The molecule has 0 N–H and O–H groups in total. The third-order valence-electron chi connectivity index (χ3n) is 1.73. The summed E-state index contributed by atoms with van der Waals surface area (Å²) in [6, 6.07) is 0. The number of hydrogen-bond donors (Lipinski definition) is 0. The van der Waals surface area contributed by atoms with Crippen molar-refractivity contribution in [2.24, 2.45) is 0 Å². The number of nitrogens with zero attached hydrogens (tertiary/aromatic N) is 3. The summed E-state index contributed by atoms with van der Waals surface area (Å²) in [4.78, 5) is 13.8. The van der Waals surface area contributed by atoms with E-state index < -0.39 is 4.92 Å². The van der Waals surface area contributed by atoms with Crippen LogP contribution in [0.15, 0.2) is 18.2 Å². The second kappa shape index (κ2) is 3.84. The van der Waals surface area contributed by atoms with Gasteiger partial charge < -0.3 is 4.57 Å². The van der Waals surface area contributed by atoms with Gasteiger partial charge in [-0.05, 0) is 6.92 Å². The Balaban J connectivity index is 2.96. The lowest BCUT2D eigenvalue weighted by Gasteiger charge is -1.98. The van der Waals surface area contributed by atoms with E-state index in [9.17, 15) is 10.1 Å². The molecule has 0 aromatic carbocycles. The molecule has 5 heteroatoms. The van der Waals surface area contributed by atoms with Gasteiger partial charge in [0.1, 0.15) is 0 Å². The molecular weight excluding hydrogens is 170 g/mol. The average molecular weight is 181 g/mol. The van der Waals surface area contributed by atoms with Crippen molar-refractivity contribution in [1.82, 2.24) is 9.55 Å². The van der Waals surface area contributed by atoms with Crippen LogP contribution in [0.1, 0.15) is 19.5 Å². The van der Waals surface area contributed by atoms with Gasteiger partial charge in [0.2, 0.25) is 5.70 Å². The Bertz CT molecular complexity index is 341.